The van der Waals surface area contributed by atoms with Crippen LogP contribution in [0.25, 0.3) is 6.08 Å². The minimum Gasteiger partial charge on any atom is -0.478 e. The predicted molar refractivity (Wildman–Crippen MR) is 83.2 cm³/mol. The standard InChI is InChI=1S/C16H22N2O3/c1-12(9-10-18(2)3)17-16(21)14-6-4-5-13(11-14)7-8-15(19)20/h4-8,11-12H,9-10H2,1-3H3,(H,17,21)(H,19,20). The zero-order valence-corrected chi connectivity index (χ0v) is 12.7. The Morgan fingerprint density at radius 3 is 2.71 bits per heavy atom. The number of carboxylic acid groups (broad SMARTS) is 1. The zero-order valence-electron chi connectivity index (χ0n) is 12.7. The molecule has 0 aliphatic heterocycles. The summed E-state index contributed by atoms with van der Waals surface area (Å²) >= 11 is 0. The molecule has 0 aliphatic rings. The number of nitrogens with zero attached hydrogens (tertiary/aromatic N) is 1. The molecule has 0 saturated carbocycles. The van der Waals surface area contributed by atoms with Gasteiger partial charge in [-0.3, -0.25) is 4.79 Å². The van der Waals surface area contributed by atoms with Crippen molar-refractivity contribution >= 4 is 18.0 Å². The van der Waals surface area contributed by atoms with E-state index >= 15 is 0 Å². The first-order valence-corrected chi connectivity index (χ1v) is 6.85. The quantitative estimate of drug-likeness (QED) is 0.752. The number of carbonyl (C=O) groups is 2. The highest BCUT2D eigenvalue weighted by molar-refractivity contribution is 5.95. The van der Waals surface area contributed by atoms with Crippen molar-refractivity contribution in [3.63, 3.8) is 0 Å². The van der Waals surface area contributed by atoms with Crippen molar-refractivity contribution in [1.82, 2.24) is 10.2 Å². The van der Waals surface area contributed by atoms with Crippen LogP contribution in [0.3, 0.4) is 0 Å². The van der Waals surface area contributed by atoms with Crippen molar-refractivity contribution in [3.8, 4) is 0 Å². The molecular formula is C16H22N2O3. The summed E-state index contributed by atoms with van der Waals surface area (Å²) in [6.45, 7) is 2.87. The second-order valence-corrected chi connectivity index (χ2v) is 5.26. The van der Waals surface area contributed by atoms with Crippen LogP contribution >= 0.6 is 0 Å². The van der Waals surface area contributed by atoms with Gasteiger partial charge in [0.15, 0.2) is 0 Å². The number of hydrogen-bond donors (Lipinski definition) is 2. The summed E-state index contributed by atoms with van der Waals surface area (Å²) in [5, 5.41) is 11.5. The molecule has 0 heterocycles. The van der Waals surface area contributed by atoms with Gasteiger partial charge < -0.3 is 15.3 Å². The lowest BCUT2D eigenvalue weighted by atomic mass is 10.1. The van der Waals surface area contributed by atoms with Crippen molar-refractivity contribution in [2.45, 2.75) is 19.4 Å². The van der Waals surface area contributed by atoms with Gasteiger partial charge in [-0.25, -0.2) is 4.79 Å². The van der Waals surface area contributed by atoms with Gasteiger partial charge in [0.25, 0.3) is 5.91 Å². The molecule has 1 rings (SSSR count). The number of benzene rings is 1. The average molecular weight is 290 g/mol. The normalized spacial score (nSPS) is 12.6. The van der Waals surface area contributed by atoms with Gasteiger partial charge in [0.1, 0.15) is 0 Å². The molecule has 1 aromatic carbocycles. The molecule has 1 amide bonds. The van der Waals surface area contributed by atoms with Crippen LogP contribution in [0.2, 0.25) is 0 Å². The van der Waals surface area contributed by atoms with Gasteiger partial charge in [-0.05, 0) is 57.8 Å². The summed E-state index contributed by atoms with van der Waals surface area (Å²) in [6, 6.07) is 6.96. The summed E-state index contributed by atoms with van der Waals surface area (Å²) in [7, 11) is 3.99. The number of nitrogens with one attached hydrogen (secondary N) is 1. The van der Waals surface area contributed by atoms with Gasteiger partial charge in [-0.1, -0.05) is 12.1 Å². The average Bonchev–Trinajstić information content (AvgIpc) is 2.43. The Morgan fingerprint density at radius 1 is 1.38 bits per heavy atom. The van der Waals surface area contributed by atoms with Gasteiger partial charge in [-0.2, -0.15) is 0 Å². The summed E-state index contributed by atoms with van der Waals surface area (Å²) in [5.41, 5.74) is 1.21. The fraction of sp³-hybridized carbons (Fsp3) is 0.375. The van der Waals surface area contributed by atoms with Crippen LogP contribution < -0.4 is 5.32 Å². The van der Waals surface area contributed by atoms with Crippen LogP contribution in [0, 0.1) is 0 Å². The fourth-order valence-corrected chi connectivity index (χ4v) is 1.78. The largest absolute Gasteiger partial charge is 0.478 e. The van der Waals surface area contributed by atoms with E-state index in [1.807, 2.05) is 21.0 Å². The summed E-state index contributed by atoms with van der Waals surface area (Å²) in [6.07, 6.45) is 3.39. The van der Waals surface area contributed by atoms with Gasteiger partial charge in [-0.15, -0.1) is 0 Å². The second-order valence-electron chi connectivity index (χ2n) is 5.26. The van der Waals surface area contributed by atoms with E-state index in [9.17, 15) is 9.59 Å². The molecule has 0 aromatic heterocycles. The van der Waals surface area contributed by atoms with E-state index in [0.717, 1.165) is 19.0 Å². The third-order valence-corrected chi connectivity index (χ3v) is 2.95. The number of aliphatic carboxylic acids is 1. The lowest BCUT2D eigenvalue weighted by molar-refractivity contribution is -0.131. The summed E-state index contributed by atoms with van der Waals surface area (Å²) in [4.78, 5) is 24.7. The summed E-state index contributed by atoms with van der Waals surface area (Å²) < 4.78 is 0. The lowest BCUT2D eigenvalue weighted by Crippen LogP contribution is -2.34. The highest BCUT2D eigenvalue weighted by atomic mass is 16.4. The first kappa shape index (κ1) is 16.9. The molecule has 5 heteroatoms. The van der Waals surface area contributed by atoms with Crippen molar-refractivity contribution in [3.05, 3.63) is 41.5 Å². The minimum atomic E-state index is -1.01. The molecule has 2 N–H and O–H groups in total. The van der Waals surface area contributed by atoms with E-state index in [1.54, 1.807) is 24.3 Å². The maximum absolute atomic E-state index is 12.1. The SMILES string of the molecule is CC(CCN(C)C)NC(=O)c1cccc(C=CC(=O)O)c1. The number of carboxylic acids is 1. The Bertz CT molecular complexity index is 524. The van der Waals surface area contributed by atoms with E-state index in [2.05, 4.69) is 10.2 Å². The molecule has 1 atom stereocenters. The molecule has 0 spiro atoms. The van der Waals surface area contributed by atoms with Crippen LogP contribution in [0.15, 0.2) is 30.3 Å². The minimum absolute atomic E-state index is 0.0816. The second kappa shape index (κ2) is 8.21. The van der Waals surface area contributed by atoms with Crippen LogP contribution in [0.1, 0.15) is 29.3 Å². The Labute approximate surface area is 125 Å². The Kier molecular flexibility index (Phi) is 6.62. The van der Waals surface area contributed by atoms with Crippen molar-refractivity contribution in [2.75, 3.05) is 20.6 Å². The number of carbonyl (C=O) groups excluding carboxylic acids is 1. The maximum atomic E-state index is 12.1. The number of rotatable bonds is 7. The highest BCUT2D eigenvalue weighted by Crippen LogP contribution is 2.08. The lowest BCUT2D eigenvalue weighted by Gasteiger charge is -2.16. The van der Waals surface area contributed by atoms with Crippen molar-refractivity contribution in [1.29, 1.82) is 0 Å². The van der Waals surface area contributed by atoms with Gasteiger partial charge in [0.05, 0.1) is 0 Å². The Morgan fingerprint density at radius 2 is 2.10 bits per heavy atom. The molecule has 0 radical (unpaired) electrons. The monoisotopic (exact) mass is 290 g/mol. The van der Waals surface area contributed by atoms with Gasteiger partial charge >= 0.3 is 5.97 Å². The van der Waals surface area contributed by atoms with E-state index in [1.165, 1.54) is 6.08 Å². The van der Waals surface area contributed by atoms with E-state index < -0.39 is 5.97 Å². The zero-order chi connectivity index (χ0) is 15.8. The van der Waals surface area contributed by atoms with E-state index in [4.69, 9.17) is 5.11 Å². The van der Waals surface area contributed by atoms with Crippen molar-refractivity contribution in [2.24, 2.45) is 0 Å². The van der Waals surface area contributed by atoms with Gasteiger partial charge in [0.2, 0.25) is 0 Å². The molecule has 0 aliphatic carbocycles. The molecule has 1 aromatic rings. The van der Waals surface area contributed by atoms with Crippen LogP contribution in [-0.4, -0.2) is 48.6 Å². The molecule has 114 valence electrons. The van der Waals surface area contributed by atoms with E-state index in [0.29, 0.717) is 11.1 Å². The maximum Gasteiger partial charge on any atom is 0.328 e. The molecule has 1 unspecified atom stereocenters. The molecule has 0 fully saturated rings. The third-order valence-electron chi connectivity index (χ3n) is 2.95. The predicted octanol–water partition coefficient (Wildman–Crippen LogP) is 1.85. The molecular weight excluding hydrogens is 268 g/mol. The van der Waals surface area contributed by atoms with Gasteiger partial charge in [0, 0.05) is 17.7 Å². The van der Waals surface area contributed by atoms with Crippen molar-refractivity contribution < 1.29 is 14.7 Å². The third kappa shape index (κ3) is 6.72. The molecule has 0 saturated heterocycles. The molecule has 21 heavy (non-hydrogen) atoms. The van der Waals surface area contributed by atoms with Crippen LogP contribution in [-0.2, 0) is 4.79 Å². The van der Waals surface area contributed by atoms with Crippen LogP contribution in [0.4, 0.5) is 0 Å². The Hall–Kier alpha value is -2.14. The first-order chi connectivity index (χ1) is 9.88. The smallest absolute Gasteiger partial charge is 0.328 e. The highest BCUT2D eigenvalue weighted by Gasteiger charge is 2.10. The number of hydrogen-bond acceptors (Lipinski definition) is 3. The molecule has 5 nitrogen and oxygen atoms in total. The first-order valence-electron chi connectivity index (χ1n) is 6.85. The summed E-state index contributed by atoms with van der Waals surface area (Å²) in [5.74, 6) is -1.16. The topological polar surface area (TPSA) is 69.6 Å². The van der Waals surface area contributed by atoms with E-state index in [-0.39, 0.29) is 11.9 Å². The number of amides is 1. The fourth-order valence-electron chi connectivity index (χ4n) is 1.78. The molecule has 0 bridgehead atoms. The Balaban J connectivity index is 2.65. The van der Waals surface area contributed by atoms with Crippen LogP contribution in [0.5, 0.6) is 0 Å².